The second-order valence-corrected chi connectivity index (χ2v) is 6.31. The summed E-state index contributed by atoms with van der Waals surface area (Å²) < 4.78 is 10.1. The Balaban J connectivity index is 1.75. The number of aryl methyl sites for hydroxylation is 1. The Hall–Kier alpha value is -3.81. The number of aromatic nitrogens is 1. The average Bonchev–Trinajstić information content (AvgIpc) is 3.30. The van der Waals surface area contributed by atoms with Crippen LogP contribution in [0.15, 0.2) is 47.1 Å². The van der Waals surface area contributed by atoms with Crippen molar-refractivity contribution in [2.45, 2.75) is 20.8 Å². The highest BCUT2D eigenvalue weighted by atomic mass is 16.5. The first-order chi connectivity index (χ1) is 13.9. The van der Waals surface area contributed by atoms with Crippen molar-refractivity contribution < 1.29 is 23.5 Å². The molecule has 2 amide bonds. The van der Waals surface area contributed by atoms with E-state index < -0.39 is 17.8 Å². The summed E-state index contributed by atoms with van der Waals surface area (Å²) in [5, 5.41) is 5.46. The number of H-pyrrole nitrogens is 1. The third kappa shape index (κ3) is 4.37. The number of furan rings is 1. The molecule has 2 aromatic heterocycles. The number of benzene rings is 1. The monoisotopic (exact) mass is 395 g/mol. The third-order valence-corrected chi connectivity index (χ3v) is 4.27. The summed E-state index contributed by atoms with van der Waals surface area (Å²) in [4.78, 5) is 39.8. The molecule has 0 aliphatic carbocycles. The molecule has 0 saturated heterocycles. The van der Waals surface area contributed by atoms with Crippen molar-refractivity contribution in [3.8, 4) is 0 Å². The Morgan fingerprint density at radius 1 is 1.03 bits per heavy atom. The Bertz CT molecular complexity index is 1050. The van der Waals surface area contributed by atoms with Gasteiger partial charge in [0.15, 0.2) is 5.76 Å². The number of esters is 1. The molecule has 3 N–H and O–H groups in total. The average molecular weight is 395 g/mol. The van der Waals surface area contributed by atoms with Gasteiger partial charge in [0.25, 0.3) is 11.8 Å². The number of nitrogens with one attached hydrogen (secondary N) is 3. The van der Waals surface area contributed by atoms with E-state index in [0.29, 0.717) is 28.2 Å². The quantitative estimate of drug-likeness (QED) is 0.548. The van der Waals surface area contributed by atoms with Crippen LogP contribution in [0.3, 0.4) is 0 Å². The Kier molecular flexibility index (Phi) is 5.82. The second kappa shape index (κ2) is 8.47. The largest absolute Gasteiger partial charge is 0.462 e. The number of anilines is 2. The zero-order chi connectivity index (χ0) is 21.0. The van der Waals surface area contributed by atoms with Crippen LogP contribution >= 0.6 is 0 Å². The Labute approximate surface area is 167 Å². The topological polar surface area (TPSA) is 113 Å². The summed E-state index contributed by atoms with van der Waals surface area (Å²) in [6, 6.07) is 9.88. The first-order valence-electron chi connectivity index (χ1n) is 9.03. The van der Waals surface area contributed by atoms with Crippen molar-refractivity contribution in [2.24, 2.45) is 0 Å². The van der Waals surface area contributed by atoms with Crippen LogP contribution < -0.4 is 10.6 Å². The predicted molar refractivity (Wildman–Crippen MR) is 107 cm³/mol. The van der Waals surface area contributed by atoms with Gasteiger partial charge >= 0.3 is 5.97 Å². The fraction of sp³-hybridized carbons (Fsp3) is 0.190. The molecule has 0 saturated carbocycles. The minimum absolute atomic E-state index is 0.184. The van der Waals surface area contributed by atoms with Gasteiger partial charge in [0.1, 0.15) is 5.69 Å². The fourth-order valence-electron chi connectivity index (χ4n) is 2.96. The minimum Gasteiger partial charge on any atom is -0.462 e. The molecule has 1 aromatic carbocycles. The molecule has 3 aromatic rings. The maximum Gasteiger partial charge on any atom is 0.340 e. The Morgan fingerprint density at radius 3 is 2.34 bits per heavy atom. The first-order valence-corrected chi connectivity index (χ1v) is 9.03. The van der Waals surface area contributed by atoms with Crippen LogP contribution in [0.25, 0.3) is 0 Å². The van der Waals surface area contributed by atoms with E-state index in [-0.39, 0.29) is 18.1 Å². The standard InChI is InChI=1S/C21H21N3O5/c1-4-28-21(27)17-12(2)18(22-13(17)3)20(26)24-15-8-5-7-14(11-15)23-19(25)16-9-6-10-29-16/h5-11,22H,4H2,1-3H3,(H,23,25)(H,24,26). The van der Waals surface area contributed by atoms with Gasteiger partial charge in [0, 0.05) is 17.1 Å². The van der Waals surface area contributed by atoms with Gasteiger partial charge in [-0.25, -0.2) is 4.79 Å². The zero-order valence-electron chi connectivity index (χ0n) is 16.3. The van der Waals surface area contributed by atoms with Gasteiger partial charge in [-0.2, -0.15) is 0 Å². The molecule has 3 rings (SSSR count). The molecule has 0 aliphatic heterocycles. The number of carbonyl (C=O) groups excluding carboxylic acids is 3. The van der Waals surface area contributed by atoms with E-state index in [2.05, 4.69) is 15.6 Å². The van der Waals surface area contributed by atoms with Crippen molar-refractivity contribution in [3.63, 3.8) is 0 Å². The molecule has 0 unspecified atom stereocenters. The van der Waals surface area contributed by atoms with Crippen molar-refractivity contribution in [1.82, 2.24) is 4.98 Å². The maximum atomic E-state index is 12.7. The molecule has 8 heteroatoms. The van der Waals surface area contributed by atoms with Gasteiger partial charge in [-0.15, -0.1) is 0 Å². The smallest absolute Gasteiger partial charge is 0.340 e. The van der Waals surface area contributed by atoms with Gasteiger partial charge in [-0.1, -0.05) is 6.07 Å². The number of amides is 2. The van der Waals surface area contributed by atoms with Gasteiger partial charge in [0.2, 0.25) is 0 Å². The summed E-state index contributed by atoms with van der Waals surface area (Å²) in [6.45, 7) is 5.37. The van der Waals surface area contributed by atoms with E-state index in [4.69, 9.17) is 9.15 Å². The number of carbonyl (C=O) groups is 3. The number of hydrogen-bond acceptors (Lipinski definition) is 5. The summed E-state index contributed by atoms with van der Waals surface area (Å²) >= 11 is 0. The van der Waals surface area contributed by atoms with E-state index in [9.17, 15) is 14.4 Å². The van der Waals surface area contributed by atoms with E-state index in [1.807, 2.05) is 0 Å². The fourth-order valence-corrected chi connectivity index (χ4v) is 2.96. The molecule has 0 aliphatic rings. The first kappa shape index (κ1) is 19.9. The van der Waals surface area contributed by atoms with Crippen molar-refractivity contribution in [2.75, 3.05) is 17.2 Å². The van der Waals surface area contributed by atoms with Crippen molar-refractivity contribution in [1.29, 1.82) is 0 Å². The lowest BCUT2D eigenvalue weighted by molar-refractivity contribution is 0.0525. The van der Waals surface area contributed by atoms with E-state index in [0.717, 1.165) is 0 Å². The highest BCUT2D eigenvalue weighted by Gasteiger charge is 2.23. The number of hydrogen-bond donors (Lipinski definition) is 3. The van der Waals surface area contributed by atoms with Crippen LogP contribution in [0, 0.1) is 13.8 Å². The Morgan fingerprint density at radius 2 is 1.72 bits per heavy atom. The van der Waals surface area contributed by atoms with Crippen LogP contribution in [-0.2, 0) is 4.74 Å². The molecular formula is C21H21N3O5. The van der Waals surface area contributed by atoms with Crippen LogP contribution in [0.1, 0.15) is 49.6 Å². The molecule has 0 atom stereocenters. The van der Waals surface area contributed by atoms with E-state index in [1.54, 1.807) is 57.2 Å². The summed E-state index contributed by atoms with van der Waals surface area (Å²) in [5.41, 5.74) is 2.69. The molecule has 0 radical (unpaired) electrons. The van der Waals surface area contributed by atoms with Crippen molar-refractivity contribution >= 4 is 29.2 Å². The molecule has 150 valence electrons. The molecule has 0 spiro atoms. The third-order valence-electron chi connectivity index (χ3n) is 4.27. The highest BCUT2D eigenvalue weighted by molar-refractivity contribution is 6.07. The molecular weight excluding hydrogens is 374 g/mol. The maximum absolute atomic E-state index is 12.7. The number of aromatic amines is 1. The molecule has 0 fully saturated rings. The van der Waals surface area contributed by atoms with Crippen LogP contribution in [-0.4, -0.2) is 29.4 Å². The summed E-state index contributed by atoms with van der Waals surface area (Å²) in [7, 11) is 0. The molecule has 0 bridgehead atoms. The van der Waals surface area contributed by atoms with Crippen molar-refractivity contribution in [3.05, 3.63) is 70.9 Å². The molecule has 8 nitrogen and oxygen atoms in total. The zero-order valence-corrected chi connectivity index (χ0v) is 16.3. The van der Waals surface area contributed by atoms with Crippen LogP contribution in [0.5, 0.6) is 0 Å². The van der Waals surface area contributed by atoms with Crippen LogP contribution in [0.2, 0.25) is 0 Å². The minimum atomic E-state index is -0.472. The summed E-state index contributed by atoms with van der Waals surface area (Å²) in [6.07, 6.45) is 1.41. The lowest BCUT2D eigenvalue weighted by atomic mass is 10.1. The number of ether oxygens (including phenoxy) is 1. The predicted octanol–water partition coefficient (Wildman–Crippen LogP) is 3.91. The van der Waals surface area contributed by atoms with Crippen LogP contribution in [0.4, 0.5) is 11.4 Å². The van der Waals surface area contributed by atoms with E-state index >= 15 is 0 Å². The van der Waals surface area contributed by atoms with Gasteiger partial charge in [-0.3, -0.25) is 9.59 Å². The lowest BCUT2D eigenvalue weighted by Crippen LogP contribution is -2.15. The van der Waals surface area contributed by atoms with Gasteiger partial charge in [-0.05, 0) is 56.7 Å². The molecule has 2 heterocycles. The second-order valence-electron chi connectivity index (χ2n) is 6.31. The number of rotatable bonds is 6. The summed E-state index contributed by atoms with van der Waals surface area (Å²) in [5.74, 6) is -1.09. The lowest BCUT2D eigenvalue weighted by Gasteiger charge is -2.08. The normalized spacial score (nSPS) is 10.4. The highest BCUT2D eigenvalue weighted by Crippen LogP contribution is 2.22. The SMILES string of the molecule is CCOC(=O)c1c(C)[nH]c(C(=O)Nc2cccc(NC(=O)c3ccco3)c2)c1C. The van der Waals surface area contributed by atoms with Gasteiger partial charge < -0.3 is 24.8 Å². The van der Waals surface area contributed by atoms with E-state index in [1.165, 1.54) is 6.26 Å². The molecule has 29 heavy (non-hydrogen) atoms. The van der Waals surface area contributed by atoms with Gasteiger partial charge in [0.05, 0.1) is 18.4 Å².